The zero-order chi connectivity index (χ0) is 14.2. The second-order valence-corrected chi connectivity index (χ2v) is 5.17. The van der Waals surface area contributed by atoms with Gasteiger partial charge >= 0.3 is 12.1 Å². The van der Waals surface area contributed by atoms with E-state index in [2.05, 4.69) is 0 Å². The Bertz CT molecular complexity index is 512. The monoisotopic (exact) mass is 293 g/mol. The molecule has 0 bridgehead atoms. The molecule has 1 aromatic rings. The number of rotatable bonds is 2. The normalized spacial score (nSPS) is 19.1. The number of carboxylic acids is 1. The molecule has 104 valence electrons. The largest absolute Gasteiger partial charge is 0.479 e. The molecule has 0 radical (unpaired) electrons. The van der Waals surface area contributed by atoms with E-state index in [0.29, 0.717) is 12.0 Å². The Balaban J connectivity index is 2.27. The Morgan fingerprint density at radius 3 is 2.74 bits per heavy atom. The van der Waals surface area contributed by atoms with Crippen LogP contribution in [0, 0.1) is 0 Å². The summed E-state index contributed by atoms with van der Waals surface area (Å²) in [6, 6.07) is 0.232. The third kappa shape index (κ3) is 2.89. The maximum atomic E-state index is 12.2. The maximum Gasteiger partial charge on any atom is 0.397 e. The topological polar surface area (TPSA) is 57.6 Å². The zero-order valence-corrected chi connectivity index (χ0v) is 10.4. The smallest absolute Gasteiger partial charge is 0.397 e. The molecule has 4 nitrogen and oxygen atoms in total. The van der Waals surface area contributed by atoms with E-state index in [0.717, 1.165) is 9.78 Å². The lowest BCUT2D eigenvalue weighted by molar-refractivity contribution is -0.168. The minimum Gasteiger partial charge on any atom is -0.479 e. The van der Waals surface area contributed by atoms with E-state index < -0.39 is 30.5 Å². The van der Waals surface area contributed by atoms with Gasteiger partial charge < -0.3 is 10.0 Å². The van der Waals surface area contributed by atoms with Crippen LogP contribution in [-0.4, -0.2) is 34.6 Å². The predicted octanol–water partition coefficient (Wildman–Crippen LogP) is 2.21. The SMILES string of the molecule is O=C(O)C1c2ccsc2CCN1C(=O)CC(F)(F)F. The summed E-state index contributed by atoms with van der Waals surface area (Å²) in [5.74, 6) is -2.51. The van der Waals surface area contributed by atoms with Crippen LogP contribution < -0.4 is 0 Å². The van der Waals surface area contributed by atoms with Crippen LogP contribution in [0.15, 0.2) is 11.4 Å². The maximum absolute atomic E-state index is 12.2. The second-order valence-electron chi connectivity index (χ2n) is 4.17. The molecule has 0 saturated heterocycles. The molecule has 0 aromatic carbocycles. The average Bonchev–Trinajstić information content (AvgIpc) is 2.72. The number of amides is 1. The highest BCUT2D eigenvalue weighted by atomic mass is 32.1. The van der Waals surface area contributed by atoms with Crippen molar-refractivity contribution in [1.29, 1.82) is 0 Å². The number of halogens is 3. The molecule has 8 heteroatoms. The summed E-state index contributed by atoms with van der Waals surface area (Å²) in [6.45, 7) is -0.000602. The highest BCUT2D eigenvalue weighted by molar-refractivity contribution is 7.10. The van der Waals surface area contributed by atoms with Crippen molar-refractivity contribution in [2.75, 3.05) is 6.54 Å². The quantitative estimate of drug-likeness (QED) is 0.909. The fraction of sp³-hybridized carbons (Fsp3) is 0.455. The molecule has 0 saturated carbocycles. The van der Waals surface area contributed by atoms with Crippen molar-refractivity contribution < 1.29 is 27.9 Å². The summed E-state index contributed by atoms with van der Waals surface area (Å²) in [4.78, 5) is 24.4. The molecule has 1 amide bonds. The first-order valence-corrected chi connectivity index (χ1v) is 6.33. The predicted molar refractivity (Wildman–Crippen MR) is 60.8 cm³/mol. The summed E-state index contributed by atoms with van der Waals surface area (Å²) < 4.78 is 36.7. The fourth-order valence-electron chi connectivity index (χ4n) is 2.12. The highest BCUT2D eigenvalue weighted by Crippen LogP contribution is 2.34. The summed E-state index contributed by atoms with van der Waals surface area (Å²) >= 11 is 1.35. The van der Waals surface area contributed by atoms with Gasteiger partial charge in [-0.25, -0.2) is 4.79 Å². The van der Waals surface area contributed by atoms with E-state index >= 15 is 0 Å². The molecule has 0 aliphatic carbocycles. The molecule has 2 heterocycles. The van der Waals surface area contributed by atoms with Gasteiger partial charge in [0.15, 0.2) is 6.04 Å². The molecule has 1 N–H and O–H groups in total. The van der Waals surface area contributed by atoms with Crippen molar-refractivity contribution in [2.24, 2.45) is 0 Å². The standard InChI is InChI=1S/C11H10F3NO3S/c12-11(13,14)5-8(16)15-3-1-7-6(2-4-19-7)9(15)10(17)18/h2,4,9H,1,3,5H2,(H,17,18). The number of thiophene rings is 1. The van der Waals surface area contributed by atoms with Crippen LogP contribution in [0.2, 0.25) is 0 Å². The number of aliphatic carboxylic acids is 1. The van der Waals surface area contributed by atoms with Gasteiger partial charge in [-0.3, -0.25) is 4.79 Å². The Morgan fingerprint density at radius 1 is 1.47 bits per heavy atom. The van der Waals surface area contributed by atoms with E-state index in [1.54, 1.807) is 11.4 Å². The van der Waals surface area contributed by atoms with Crippen LogP contribution in [-0.2, 0) is 16.0 Å². The van der Waals surface area contributed by atoms with Crippen LogP contribution in [0.5, 0.6) is 0 Å². The first-order chi connectivity index (χ1) is 8.79. The Kier molecular flexibility index (Phi) is 3.53. The average molecular weight is 293 g/mol. The van der Waals surface area contributed by atoms with Crippen molar-refractivity contribution in [3.8, 4) is 0 Å². The summed E-state index contributed by atoms with van der Waals surface area (Å²) in [5, 5.41) is 10.8. The number of carboxylic acid groups (broad SMARTS) is 1. The third-order valence-corrected chi connectivity index (χ3v) is 3.87. The van der Waals surface area contributed by atoms with Gasteiger partial charge in [0.25, 0.3) is 0 Å². The fourth-order valence-corrected chi connectivity index (χ4v) is 3.03. The Labute approximate surface area is 110 Å². The van der Waals surface area contributed by atoms with E-state index in [-0.39, 0.29) is 6.54 Å². The van der Waals surface area contributed by atoms with Gasteiger partial charge in [-0.2, -0.15) is 13.2 Å². The number of hydrogen-bond donors (Lipinski definition) is 1. The van der Waals surface area contributed by atoms with Gasteiger partial charge in [0, 0.05) is 11.4 Å². The minimum absolute atomic E-state index is 0.000602. The van der Waals surface area contributed by atoms with Gasteiger partial charge in [0.05, 0.1) is 0 Å². The first kappa shape index (κ1) is 13.9. The van der Waals surface area contributed by atoms with Crippen molar-refractivity contribution >= 4 is 23.2 Å². The van der Waals surface area contributed by atoms with Crippen LogP contribution in [0.4, 0.5) is 13.2 Å². The molecule has 1 aromatic heterocycles. The summed E-state index contributed by atoms with van der Waals surface area (Å²) in [5.41, 5.74) is 0.416. The molecule has 19 heavy (non-hydrogen) atoms. The van der Waals surface area contributed by atoms with E-state index in [1.807, 2.05) is 0 Å². The van der Waals surface area contributed by atoms with Crippen LogP contribution in [0.25, 0.3) is 0 Å². The minimum atomic E-state index is -4.63. The molecule has 1 atom stereocenters. The number of fused-ring (bicyclic) bond motifs is 1. The number of carbonyl (C=O) groups excluding carboxylic acids is 1. The van der Waals surface area contributed by atoms with Gasteiger partial charge in [0.2, 0.25) is 5.91 Å². The molecule has 0 fully saturated rings. The highest BCUT2D eigenvalue weighted by Gasteiger charge is 2.40. The number of alkyl halides is 3. The molecule has 0 spiro atoms. The van der Waals surface area contributed by atoms with Gasteiger partial charge in [-0.15, -0.1) is 11.3 Å². The second kappa shape index (κ2) is 4.84. The Morgan fingerprint density at radius 2 is 2.16 bits per heavy atom. The van der Waals surface area contributed by atoms with Crippen molar-refractivity contribution in [2.45, 2.75) is 25.1 Å². The number of carbonyl (C=O) groups is 2. The number of hydrogen-bond acceptors (Lipinski definition) is 3. The molecule has 1 aliphatic rings. The van der Waals surface area contributed by atoms with Crippen LogP contribution in [0.1, 0.15) is 22.9 Å². The lowest BCUT2D eigenvalue weighted by Gasteiger charge is -2.33. The summed E-state index contributed by atoms with van der Waals surface area (Å²) in [6.07, 6.45) is -5.87. The lowest BCUT2D eigenvalue weighted by Crippen LogP contribution is -2.44. The first-order valence-electron chi connectivity index (χ1n) is 5.45. The molecular weight excluding hydrogens is 283 g/mol. The molecule has 2 rings (SSSR count). The van der Waals surface area contributed by atoms with Crippen LogP contribution in [0.3, 0.4) is 0 Å². The summed E-state index contributed by atoms with van der Waals surface area (Å²) in [7, 11) is 0. The third-order valence-electron chi connectivity index (χ3n) is 2.87. The Hall–Kier alpha value is -1.57. The van der Waals surface area contributed by atoms with Gasteiger partial charge in [-0.05, 0) is 23.4 Å². The van der Waals surface area contributed by atoms with Crippen molar-refractivity contribution in [3.63, 3.8) is 0 Å². The number of nitrogens with zero attached hydrogens (tertiary/aromatic N) is 1. The molecule has 1 aliphatic heterocycles. The van der Waals surface area contributed by atoms with Crippen molar-refractivity contribution in [3.05, 3.63) is 21.9 Å². The molecular formula is C11H10F3NO3S. The van der Waals surface area contributed by atoms with Crippen molar-refractivity contribution in [1.82, 2.24) is 4.90 Å². The van der Waals surface area contributed by atoms with Crippen LogP contribution >= 0.6 is 11.3 Å². The van der Waals surface area contributed by atoms with Gasteiger partial charge in [0.1, 0.15) is 6.42 Å². The van der Waals surface area contributed by atoms with E-state index in [9.17, 15) is 22.8 Å². The zero-order valence-electron chi connectivity index (χ0n) is 9.61. The van der Waals surface area contributed by atoms with E-state index in [4.69, 9.17) is 5.11 Å². The van der Waals surface area contributed by atoms with Gasteiger partial charge in [-0.1, -0.05) is 0 Å². The van der Waals surface area contributed by atoms with E-state index in [1.165, 1.54) is 11.3 Å². The lowest BCUT2D eigenvalue weighted by atomic mass is 9.99. The molecule has 1 unspecified atom stereocenters.